The zero-order valence-corrected chi connectivity index (χ0v) is 8.53. The van der Waals surface area contributed by atoms with Crippen LogP contribution in [0.15, 0.2) is 18.7 Å². The van der Waals surface area contributed by atoms with Crippen LogP contribution in [0.1, 0.15) is 0 Å². The highest BCUT2D eigenvalue weighted by atomic mass is 32.3. The lowest BCUT2D eigenvalue weighted by molar-refractivity contribution is -0.693. The van der Waals surface area contributed by atoms with E-state index in [0.29, 0.717) is 6.54 Å². The van der Waals surface area contributed by atoms with Gasteiger partial charge in [0.15, 0.2) is 0 Å². The third kappa shape index (κ3) is 7.68. The maximum absolute atomic E-state index is 9.22. The fraction of sp³-hybridized carbons (Fsp3) is 0.500. The Morgan fingerprint density at radius 1 is 1.64 bits per heavy atom. The maximum atomic E-state index is 9.22. The molecule has 0 aliphatic heterocycles. The minimum Gasteiger partial charge on any atom is -0.726 e. The minimum atomic E-state index is -4.41. The van der Waals surface area contributed by atoms with E-state index in [9.17, 15) is 13.0 Å². The van der Waals surface area contributed by atoms with E-state index in [0.717, 1.165) is 13.7 Å². The zero-order valence-electron chi connectivity index (χ0n) is 7.71. The van der Waals surface area contributed by atoms with Gasteiger partial charge in [-0.1, -0.05) is 0 Å². The summed E-state index contributed by atoms with van der Waals surface area (Å²) in [5, 5.41) is 0. The fourth-order valence-corrected chi connectivity index (χ4v) is 0.609. The van der Waals surface area contributed by atoms with E-state index in [1.807, 2.05) is 23.3 Å². The highest BCUT2D eigenvalue weighted by molar-refractivity contribution is 7.80. The highest BCUT2D eigenvalue weighted by Crippen LogP contribution is 1.74. The number of nitrogens with one attached hydrogen (secondary N) is 1. The number of nitrogens with zero attached hydrogens (tertiary/aromatic N) is 1. The van der Waals surface area contributed by atoms with E-state index in [2.05, 4.69) is 9.17 Å². The van der Waals surface area contributed by atoms with Gasteiger partial charge in [0.2, 0.25) is 16.7 Å². The number of H-pyrrole nitrogens is 1. The summed E-state index contributed by atoms with van der Waals surface area (Å²) in [5.74, 6) is 0. The Labute approximate surface area is 82.5 Å². The molecule has 1 rings (SSSR count). The fourth-order valence-electron chi connectivity index (χ4n) is 0.609. The molecule has 0 fully saturated rings. The molecular weight excluding hydrogens is 210 g/mol. The number of rotatable bonds is 3. The number of aromatic amines is 1. The molecule has 3 N–H and O–H groups in total. The second-order valence-corrected chi connectivity index (χ2v) is 3.36. The lowest BCUT2D eigenvalue weighted by Crippen LogP contribution is -2.34. The minimum absolute atomic E-state index is 0.697. The summed E-state index contributed by atoms with van der Waals surface area (Å²) in [7, 11) is -3.60. The van der Waals surface area contributed by atoms with Gasteiger partial charge >= 0.3 is 0 Å². The molecule has 0 radical (unpaired) electrons. The van der Waals surface area contributed by atoms with Crippen molar-refractivity contribution < 1.29 is 21.7 Å². The summed E-state index contributed by atoms with van der Waals surface area (Å²) in [6, 6.07) is 0. The molecule has 1 aromatic rings. The van der Waals surface area contributed by atoms with Gasteiger partial charge in [0.1, 0.15) is 18.9 Å². The lowest BCUT2D eigenvalue weighted by atomic mass is 10.6. The first kappa shape index (κ1) is 13.0. The van der Waals surface area contributed by atoms with Gasteiger partial charge in [-0.15, -0.1) is 0 Å². The first-order valence-corrected chi connectivity index (χ1v) is 5.06. The van der Waals surface area contributed by atoms with Gasteiger partial charge < -0.3 is 10.3 Å². The molecule has 0 unspecified atom stereocenters. The smallest absolute Gasteiger partial charge is 0.241 e. The Morgan fingerprint density at radius 3 is 2.50 bits per heavy atom. The first-order chi connectivity index (χ1) is 6.49. The van der Waals surface area contributed by atoms with E-state index < -0.39 is 10.4 Å². The van der Waals surface area contributed by atoms with Gasteiger partial charge in [-0.3, -0.25) is 9.17 Å². The molecule has 7 nitrogen and oxygen atoms in total. The average Bonchev–Trinajstić information content (AvgIpc) is 2.58. The first-order valence-electron chi connectivity index (χ1n) is 3.73. The molecule has 1 aromatic heterocycles. The van der Waals surface area contributed by atoms with Crippen molar-refractivity contribution in [2.24, 2.45) is 5.73 Å². The van der Waals surface area contributed by atoms with Gasteiger partial charge in [-0.25, -0.2) is 13.0 Å². The third-order valence-electron chi connectivity index (χ3n) is 1.19. The molecule has 0 aromatic carbocycles. The van der Waals surface area contributed by atoms with Crippen molar-refractivity contribution >= 4 is 10.4 Å². The molecule has 0 saturated heterocycles. The van der Waals surface area contributed by atoms with E-state index in [1.165, 1.54) is 0 Å². The van der Waals surface area contributed by atoms with Crippen LogP contribution in [0.2, 0.25) is 0 Å². The molecule has 14 heavy (non-hydrogen) atoms. The van der Waals surface area contributed by atoms with Crippen molar-refractivity contribution in [2.75, 3.05) is 13.7 Å². The summed E-state index contributed by atoms with van der Waals surface area (Å²) >= 11 is 0. The number of imidazole rings is 1. The molecule has 0 aliphatic carbocycles. The van der Waals surface area contributed by atoms with Gasteiger partial charge in [-0.2, -0.15) is 0 Å². The summed E-state index contributed by atoms with van der Waals surface area (Å²) in [6.45, 7) is 1.59. The van der Waals surface area contributed by atoms with Crippen molar-refractivity contribution in [3.63, 3.8) is 0 Å². The number of nitrogens with two attached hydrogens (primary N) is 1. The standard InChI is InChI=1S/C5H9N3.CH4O4S/c6-1-3-8-4-2-7-5-8;1-5-6(2,3)4/h2,4-5H,1,3,6H2;1H3,(H,2,3,4). The predicted molar refractivity (Wildman–Crippen MR) is 46.7 cm³/mol. The molecule has 0 aliphatic rings. The molecule has 0 atom stereocenters. The van der Waals surface area contributed by atoms with Crippen LogP contribution in [-0.2, 0) is 21.1 Å². The second kappa shape index (κ2) is 6.49. The Balaban J connectivity index is 0.000000255. The van der Waals surface area contributed by atoms with Crippen molar-refractivity contribution in [2.45, 2.75) is 6.54 Å². The Kier molecular flexibility index (Phi) is 6.04. The van der Waals surface area contributed by atoms with Crippen LogP contribution in [0.25, 0.3) is 0 Å². The van der Waals surface area contributed by atoms with E-state index in [1.54, 1.807) is 0 Å². The van der Waals surface area contributed by atoms with Crippen molar-refractivity contribution in [3.05, 3.63) is 18.7 Å². The van der Waals surface area contributed by atoms with Gasteiger partial charge in [0, 0.05) is 6.54 Å². The van der Waals surface area contributed by atoms with Crippen LogP contribution < -0.4 is 10.3 Å². The summed E-state index contributed by atoms with van der Waals surface area (Å²) in [4.78, 5) is 2.92. The molecular formula is C6H13N3O4S. The van der Waals surface area contributed by atoms with Crippen LogP contribution in [-0.4, -0.2) is 31.6 Å². The quantitative estimate of drug-likeness (QED) is 0.362. The van der Waals surface area contributed by atoms with Crippen LogP contribution in [0.4, 0.5) is 0 Å². The molecule has 0 bridgehead atoms. The topological polar surface area (TPSA) is 112 Å². The number of hydrogen-bond acceptors (Lipinski definition) is 5. The van der Waals surface area contributed by atoms with Gasteiger partial charge in [0.25, 0.3) is 0 Å². The van der Waals surface area contributed by atoms with Crippen LogP contribution in [0, 0.1) is 0 Å². The summed E-state index contributed by atoms with van der Waals surface area (Å²) < 4.78 is 33.0. The van der Waals surface area contributed by atoms with Crippen LogP contribution in [0.5, 0.6) is 0 Å². The van der Waals surface area contributed by atoms with Crippen LogP contribution in [0.3, 0.4) is 0 Å². The predicted octanol–water partition coefficient (Wildman–Crippen LogP) is -1.65. The van der Waals surface area contributed by atoms with Crippen molar-refractivity contribution in [1.82, 2.24) is 4.98 Å². The Morgan fingerprint density at radius 2 is 2.21 bits per heavy atom. The van der Waals surface area contributed by atoms with Crippen molar-refractivity contribution in [3.8, 4) is 0 Å². The normalized spacial score (nSPS) is 10.5. The molecule has 82 valence electrons. The molecule has 0 amide bonds. The molecule has 8 heteroatoms. The van der Waals surface area contributed by atoms with E-state index in [4.69, 9.17) is 5.73 Å². The number of hydrogen-bond donors (Lipinski definition) is 2. The Hall–Kier alpha value is -0.960. The van der Waals surface area contributed by atoms with Crippen LogP contribution >= 0.6 is 0 Å². The molecule has 0 saturated carbocycles. The second-order valence-electron chi connectivity index (χ2n) is 2.21. The monoisotopic (exact) mass is 223 g/mol. The Bertz CT molecular complexity index is 321. The number of aromatic nitrogens is 2. The SMILES string of the molecule is COS(=O)(=O)[O-].NCC[n+]1cc[nH]c1. The van der Waals surface area contributed by atoms with E-state index >= 15 is 0 Å². The average molecular weight is 223 g/mol. The summed E-state index contributed by atoms with van der Waals surface area (Å²) in [6.07, 6.45) is 5.70. The maximum Gasteiger partial charge on any atom is 0.241 e. The summed E-state index contributed by atoms with van der Waals surface area (Å²) in [5.41, 5.74) is 5.28. The van der Waals surface area contributed by atoms with Gasteiger partial charge in [0.05, 0.1) is 7.11 Å². The molecule has 0 spiro atoms. The third-order valence-corrected chi connectivity index (χ3v) is 1.60. The lowest BCUT2D eigenvalue weighted by Gasteiger charge is -1.98. The van der Waals surface area contributed by atoms with E-state index in [-0.39, 0.29) is 0 Å². The van der Waals surface area contributed by atoms with Gasteiger partial charge in [-0.05, 0) is 0 Å². The highest BCUT2D eigenvalue weighted by Gasteiger charge is 1.90. The molecule has 1 heterocycles. The van der Waals surface area contributed by atoms with Crippen molar-refractivity contribution in [1.29, 1.82) is 0 Å². The largest absolute Gasteiger partial charge is 0.726 e. The zero-order chi connectivity index (χ0) is 11.0.